The van der Waals surface area contributed by atoms with Crippen LogP contribution in [-0.4, -0.2) is 40.0 Å². The Morgan fingerprint density at radius 2 is 2.06 bits per heavy atom. The van der Waals surface area contributed by atoms with Gasteiger partial charge in [0.25, 0.3) is 5.91 Å². The van der Waals surface area contributed by atoms with Gasteiger partial charge in [-0.15, -0.1) is 0 Å². The smallest absolute Gasteiger partial charge is 0.271 e. The molecular weight excluding hydrogens is 418 g/mol. The highest BCUT2D eigenvalue weighted by molar-refractivity contribution is 6.02. The highest BCUT2D eigenvalue weighted by atomic mass is 16.5. The minimum atomic E-state index is -1.05. The standard InChI is InChI=1S/C26H31N3O4/c1-17-7-4-5-10-20(17)27-25(31)26(2)16-28-21-11-12-33-23(21)14-22(28)24(30)29(26)15-18-8-6-9-19(13-18)32-3/h6,8-9,11-14,17,20H,4-5,7,10,15-16H2,1-3H3,(H,27,31)/t17-,20+,26-/m1/s1. The summed E-state index contributed by atoms with van der Waals surface area (Å²) in [5, 5.41) is 3.31. The first-order chi connectivity index (χ1) is 15.9. The van der Waals surface area contributed by atoms with Crippen molar-refractivity contribution >= 4 is 22.9 Å². The van der Waals surface area contributed by atoms with E-state index in [2.05, 4.69) is 12.2 Å². The molecule has 0 spiro atoms. The van der Waals surface area contributed by atoms with E-state index < -0.39 is 5.54 Å². The third-order valence-electron chi connectivity index (χ3n) is 7.44. The molecule has 2 aromatic heterocycles. The van der Waals surface area contributed by atoms with Crippen LogP contribution in [0.15, 0.2) is 47.1 Å². The Hall–Kier alpha value is -3.22. The fourth-order valence-electron chi connectivity index (χ4n) is 5.33. The first kappa shape index (κ1) is 21.6. The van der Waals surface area contributed by atoms with Crippen molar-refractivity contribution in [2.24, 2.45) is 5.92 Å². The van der Waals surface area contributed by atoms with Crippen molar-refractivity contribution in [1.82, 2.24) is 14.8 Å². The van der Waals surface area contributed by atoms with Crippen LogP contribution in [0.5, 0.6) is 5.75 Å². The molecule has 5 rings (SSSR count). The van der Waals surface area contributed by atoms with E-state index in [4.69, 9.17) is 9.15 Å². The molecule has 3 atom stereocenters. The van der Waals surface area contributed by atoms with E-state index in [0.717, 1.165) is 36.1 Å². The molecule has 7 nitrogen and oxygen atoms in total. The van der Waals surface area contributed by atoms with Crippen LogP contribution >= 0.6 is 0 Å². The van der Waals surface area contributed by atoms with E-state index in [1.807, 2.05) is 41.8 Å². The fourth-order valence-corrected chi connectivity index (χ4v) is 5.33. The zero-order valence-electron chi connectivity index (χ0n) is 19.5. The molecule has 3 aromatic rings. The van der Waals surface area contributed by atoms with E-state index in [9.17, 15) is 9.59 Å². The van der Waals surface area contributed by atoms with Gasteiger partial charge >= 0.3 is 0 Å². The lowest BCUT2D eigenvalue weighted by Crippen LogP contribution is -2.65. The summed E-state index contributed by atoms with van der Waals surface area (Å²) in [5.74, 6) is 0.874. The van der Waals surface area contributed by atoms with Crippen molar-refractivity contribution in [2.45, 2.75) is 64.2 Å². The number of nitrogens with one attached hydrogen (secondary N) is 1. The van der Waals surface area contributed by atoms with Gasteiger partial charge in [-0.1, -0.05) is 31.9 Å². The molecule has 33 heavy (non-hydrogen) atoms. The quantitative estimate of drug-likeness (QED) is 0.628. The number of fused-ring (bicyclic) bond motifs is 3. The van der Waals surface area contributed by atoms with Crippen molar-refractivity contribution in [3.63, 3.8) is 0 Å². The summed E-state index contributed by atoms with van der Waals surface area (Å²) in [6.45, 7) is 4.76. The number of amides is 2. The van der Waals surface area contributed by atoms with Gasteiger partial charge in [0.1, 0.15) is 17.0 Å². The Kier molecular flexibility index (Phi) is 5.43. The van der Waals surface area contributed by atoms with E-state index >= 15 is 0 Å². The third-order valence-corrected chi connectivity index (χ3v) is 7.44. The zero-order chi connectivity index (χ0) is 23.2. The van der Waals surface area contributed by atoms with Crippen molar-refractivity contribution in [3.05, 3.63) is 53.9 Å². The minimum absolute atomic E-state index is 0.103. The Labute approximate surface area is 193 Å². The van der Waals surface area contributed by atoms with E-state index in [0.29, 0.717) is 30.3 Å². The molecule has 3 heterocycles. The van der Waals surface area contributed by atoms with Crippen molar-refractivity contribution in [3.8, 4) is 5.75 Å². The van der Waals surface area contributed by atoms with Gasteiger partial charge in [-0.3, -0.25) is 9.59 Å². The summed E-state index contributed by atoms with van der Waals surface area (Å²) in [6.07, 6.45) is 6.04. The normalized spacial score (nSPS) is 25.2. The number of carbonyl (C=O) groups is 2. The number of carbonyl (C=O) groups excluding carboxylic acids is 2. The van der Waals surface area contributed by atoms with Crippen molar-refractivity contribution in [2.75, 3.05) is 7.11 Å². The Bertz CT molecular complexity index is 1200. The largest absolute Gasteiger partial charge is 0.497 e. The van der Waals surface area contributed by atoms with Crippen LogP contribution in [-0.2, 0) is 17.9 Å². The lowest BCUT2D eigenvalue weighted by Gasteiger charge is -2.45. The molecule has 2 amide bonds. The predicted molar refractivity (Wildman–Crippen MR) is 125 cm³/mol. The van der Waals surface area contributed by atoms with Crippen LogP contribution < -0.4 is 10.1 Å². The second kappa shape index (κ2) is 8.28. The monoisotopic (exact) mass is 449 g/mol. The van der Waals surface area contributed by atoms with Gasteiger partial charge in [0.2, 0.25) is 5.91 Å². The molecule has 1 aliphatic carbocycles. The molecule has 1 aromatic carbocycles. The molecule has 1 N–H and O–H groups in total. The minimum Gasteiger partial charge on any atom is -0.497 e. The number of furan rings is 1. The third kappa shape index (κ3) is 3.69. The van der Waals surface area contributed by atoms with Gasteiger partial charge in [-0.05, 0) is 43.4 Å². The molecular formula is C26H31N3O4. The predicted octanol–water partition coefficient (Wildman–Crippen LogP) is 4.35. The van der Waals surface area contributed by atoms with Crippen LogP contribution in [0.25, 0.3) is 11.1 Å². The highest BCUT2D eigenvalue weighted by Gasteiger charge is 2.48. The van der Waals surface area contributed by atoms with Gasteiger partial charge in [-0.25, -0.2) is 0 Å². The average molecular weight is 450 g/mol. The van der Waals surface area contributed by atoms with Gasteiger partial charge < -0.3 is 23.9 Å². The zero-order valence-corrected chi connectivity index (χ0v) is 19.5. The number of hydrogen-bond donors (Lipinski definition) is 1. The number of nitrogens with zero attached hydrogens (tertiary/aromatic N) is 2. The topological polar surface area (TPSA) is 76.7 Å². The van der Waals surface area contributed by atoms with Crippen LogP contribution in [0.4, 0.5) is 0 Å². The lowest BCUT2D eigenvalue weighted by atomic mass is 9.85. The first-order valence-electron chi connectivity index (χ1n) is 11.7. The van der Waals surface area contributed by atoms with Crippen LogP contribution in [0.2, 0.25) is 0 Å². The molecule has 2 aliphatic rings. The summed E-state index contributed by atoms with van der Waals surface area (Å²) < 4.78 is 12.9. The molecule has 1 fully saturated rings. The SMILES string of the molecule is COc1cccc(CN2C(=O)c3cc4occc4n3C[C@]2(C)C(=O)N[C@H]2CCCC[C@H]2C)c1. The average Bonchev–Trinajstić information content (AvgIpc) is 3.41. The fraction of sp³-hybridized carbons (Fsp3) is 0.462. The van der Waals surface area contributed by atoms with Gasteiger partial charge in [-0.2, -0.15) is 0 Å². The first-order valence-corrected chi connectivity index (χ1v) is 11.7. The lowest BCUT2D eigenvalue weighted by molar-refractivity contribution is -0.134. The Morgan fingerprint density at radius 1 is 1.24 bits per heavy atom. The molecule has 0 bridgehead atoms. The number of benzene rings is 1. The van der Waals surface area contributed by atoms with Gasteiger partial charge in [0.05, 0.1) is 25.4 Å². The summed E-state index contributed by atoms with van der Waals surface area (Å²) in [5.41, 5.74) is 1.91. The molecule has 174 valence electrons. The van der Waals surface area contributed by atoms with Crippen molar-refractivity contribution < 1.29 is 18.7 Å². The maximum absolute atomic E-state index is 13.8. The summed E-state index contributed by atoms with van der Waals surface area (Å²) in [7, 11) is 1.62. The van der Waals surface area contributed by atoms with E-state index in [1.54, 1.807) is 24.3 Å². The summed E-state index contributed by atoms with van der Waals surface area (Å²) in [6, 6.07) is 11.4. The van der Waals surface area contributed by atoms with Crippen molar-refractivity contribution in [1.29, 1.82) is 0 Å². The molecule has 0 unspecified atom stereocenters. The van der Waals surface area contributed by atoms with E-state index in [-0.39, 0.29) is 17.9 Å². The van der Waals surface area contributed by atoms with E-state index in [1.165, 1.54) is 6.42 Å². The molecule has 1 aliphatic heterocycles. The number of ether oxygens (including phenoxy) is 1. The molecule has 1 saturated carbocycles. The summed E-state index contributed by atoms with van der Waals surface area (Å²) >= 11 is 0. The van der Waals surface area contributed by atoms with Gasteiger partial charge in [0, 0.05) is 24.7 Å². The number of aromatic nitrogens is 1. The maximum Gasteiger partial charge on any atom is 0.271 e. The highest BCUT2D eigenvalue weighted by Crippen LogP contribution is 2.35. The molecule has 7 heteroatoms. The summed E-state index contributed by atoms with van der Waals surface area (Å²) in [4.78, 5) is 29.3. The number of hydrogen-bond acceptors (Lipinski definition) is 4. The Balaban J connectivity index is 1.53. The molecule has 0 saturated heterocycles. The molecule has 0 radical (unpaired) electrons. The van der Waals surface area contributed by atoms with Crippen LogP contribution in [0.3, 0.4) is 0 Å². The number of methoxy groups -OCH3 is 1. The number of rotatable bonds is 5. The Morgan fingerprint density at radius 3 is 2.85 bits per heavy atom. The second-order valence-corrected chi connectivity index (χ2v) is 9.64. The van der Waals surface area contributed by atoms with Crippen LogP contribution in [0, 0.1) is 5.92 Å². The maximum atomic E-state index is 13.8. The van der Waals surface area contributed by atoms with Crippen LogP contribution in [0.1, 0.15) is 55.6 Å². The second-order valence-electron chi connectivity index (χ2n) is 9.64. The van der Waals surface area contributed by atoms with Gasteiger partial charge in [0.15, 0.2) is 5.58 Å².